The zero-order chi connectivity index (χ0) is 25.3. The molecule has 0 aromatic heterocycles. The van der Waals surface area contributed by atoms with E-state index in [1.807, 2.05) is 12.1 Å². The molecule has 2 amide bonds. The van der Waals surface area contributed by atoms with Crippen LogP contribution in [0.1, 0.15) is 38.5 Å². The second-order valence-electron chi connectivity index (χ2n) is 9.23. The lowest BCUT2D eigenvalue weighted by atomic mass is 10.1. The van der Waals surface area contributed by atoms with Crippen LogP contribution in [0.15, 0.2) is 58.3 Å². The molecule has 2 fully saturated rings. The number of piperidine rings is 2. The number of amides is 2. The van der Waals surface area contributed by atoms with Gasteiger partial charge in [-0.3, -0.25) is 34.9 Å². The predicted molar refractivity (Wildman–Crippen MR) is 140 cm³/mol. The Hall–Kier alpha value is -2.95. The van der Waals surface area contributed by atoms with Gasteiger partial charge in [-0.1, -0.05) is 48.9 Å². The number of nitro groups is 1. The van der Waals surface area contributed by atoms with E-state index in [9.17, 15) is 19.7 Å². The van der Waals surface area contributed by atoms with Gasteiger partial charge in [-0.15, -0.1) is 0 Å². The summed E-state index contributed by atoms with van der Waals surface area (Å²) in [5, 5.41) is 12.9. The molecule has 0 atom stereocenters. The van der Waals surface area contributed by atoms with Crippen molar-refractivity contribution in [3.63, 3.8) is 0 Å². The van der Waals surface area contributed by atoms with Gasteiger partial charge in [-0.05, 0) is 70.1 Å². The average molecular weight is 512 g/mol. The van der Waals surface area contributed by atoms with Crippen LogP contribution in [0.3, 0.4) is 0 Å². The summed E-state index contributed by atoms with van der Waals surface area (Å²) in [5.41, 5.74) is 3.37. The van der Waals surface area contributed by atoms with Gasteiger partial charge in [-0.25, -0.2) is 5.01 Å². The zero-order valence-electron chi connectivity index (χ0n) is 20.4. The standard InChI is InChI=1S/C26H33N5O4S/c32-25(19-28-15-7-1-8-16-28)27-30(26(33)20-29-17-9-2-10-18-29)21-11-3-5-13-23(21)36-24-14-6-4-12-22(24)31(34)35/h3-6,11-14H,1-2,7-10,15-20H2,(H,27,32). The Bertz CT molecular complexity index is 1070. The number of rotatable bonds is 8. The minimum absolute atomic E-state index is 0.00219. The molecule has 2 aromatic rings. The SMILES string of the molecule is O=C(CN1CCCCC1)NN(C(=O)CN1CCCCC1)c1ccccc1Sc1ccccc1[N+](=O)[O-]. The van der Waals surface area contributed by atoms with E-state index in [-0.39, 0.29) is 30.6 Å². The molecule has 0 bridgehead atoms. The average Bonchev–Trinajstić information content (AvgIpc) is 2.89. The second kappa shape index (κ2) is 12.8. The van der Waals surface area contributed by atoms with Crippen LogP contribution in [0.2, 0.25) is 0 Å². The van der Waals surface area contributed by atoms with E-state index in [1.165, 1.54) is 29.3 Å². The quantitative estimate of drug-likeness (QED) is 0.421. The molecule has 10 heteroatoms. The van der Waals surface area contributed by atoms with Gasteiger partial charge < -0.3 is 0 Å². The van der Waals surface area contributed by atoms with Crippen molar-refractivity contribution in [2.75, 3.05) is 44.3 Å². The van der Waals surface area contributed by atoms with Crippen LogP contribution < -0.4 is 10.4 Å². The highest BCUT2D eigenvalue weighted by molar-refractivity contribution is 7.99. The van der Waals surface area contributed by atoms with Crippen LogP contribution >= 0.6 is 11.8 Å². The van der Waals surface area contributed by atoms with Crippen LogP contribution in [-0.4, -0.2) is 65.8 Å². The Morgan fingerprint density at radius 2 is 1.39 bits per heavy atom. The zero-order valence-corrected chi connectivity index (χ0v) is 21.3. The predicted octanol–water partition coefficient (Wildman–Crippen LogP) is 4.08. The molecule has 36 heavy (non-hydrogen) atoms. The molecule has 0 radical (unpaired) electrons. The summed E-state index contributed by atoms with van der Waals surface area (Å²) in [4.78, 5) is 43.1. The molecule has 2 aromatic carbocycles. The number of nitrogens with one attached hydrogen (secondary N) is 1. The first-order valence-corrected chi connectivity index (χ1v) is 13.4. The summed E-state index contributed by atoms with van der Waals surface area (Å²) < 4.78 is 0. The second-order valence-corrected chi connectivity index (χ2v) is 10.3. The number of nitrogens with zero attached hydrogens (tertiary/aromatic N) is 4. The fraction of sp³-hybridized carbons (Fsp3) is 0.462. The number of likely N-dealkylation sites (tertiary alicyclic amines) is 2. The fourth-order valence-electron chi connectivity index (χ4n) is 4.66. The maximum atomic E-state index is 13.6. The Labute approximate surface area is 215 Å². The normalized spacial score (nSPS) is 16.9. The van der Waals surface area contributed by atoms with Crippen molar-refractivity contribution in [3.05, 3.63) is 58.6 Å². The molecule has 192 valence electrons. The van der Waals surface area contributed by atoms with Crippen molar-refractivity contribution in [3.8, 4) is 0 Å². The van der Waals surface area contributed by atoms with Gasteiger partial charge in [0.05, 0.1) is 28.6 Å². The number of hydrogen-bond acceptors (Lipinski definition) is 7. The summed E-state index contributed by atoms with van der Waals surface area (Å²) in [6.07, 6.45) is 6.59. The van der Waals surface area contributed by atoms with Crippen molar-refractivity contribution in [2.45, 2.75) is 48.3 Å². The molecular weight excluding hydrogens is 478 g/mol. The van der Waals surface area contributed by atoms with Gasteiger partial charge >= 0.3 is 0 Å². The molecule has 2 aliphatic heterocycles. The summed E-state index contributed by atoms with van der Waals surface area (Å²) in [6.45, 7) is 3.89. The molecular formula is C26H33N5O4S. The molecule has 0 unspecified atom stereocenters. The van der Waals surface area contributed by atoms with Crippen LogP contribution in [0.25, 0.3) is 0 Å². The number of carbonyl (C=O) groups excluding carboxylic acids is 2. The van der Waals surface area contributed by atoms with Crippen LogP contribution in [0, 0.1) is 10.1 Å². The molecule has 2 aliphatic rings. The van der Waals surface area contributed by atoms with Gasteiger partial charge in [0, 0.05) is 11.0 Å². The third-order valence-electron chi connectivity index (χ3n) is 6.50. The molecule has 2 saturated heterocycles. The van der Waals surface area contributed by atoms with E-state index in [0.29, 0.717) is 15.5 Å². The summed E-state index contributed by atoms with van der Waals surface area (Å²) in [6, 6.07) is 13.7. The first-order valence-electron chi connectivity index (χ1n) is 12.6. The lowest BCUT2D eigenvalue weighted by molar-refractivity contribution is -0.387. The highest BCUT2D eigenvalue weighted by Gasteiger charge is 2.26. The third-order valence-corrected chi connectivity index (χ3v) is 7.63. The smallest absolute Gasteiger partial charge is 0.283 e. The summed E-state index contributed by atoms with van der Waals surface area (Å²) in [7, 11) is 0. The fourth-order valence-corrected chi connectivity index (χ4v) is 5.70. The first kappa shape index (κ1) is 26.1. The van der Waals surface area contributed by atoms with Crippen molar-refractivity contribution in [2.24, 2.45) is 0 Å². The van der Waals surface area contributed by atoms with Gasteiger partial charge in [0.2, 0.25) is 0 Å². The van der Waals surface area contributed by atoms with Gasteiger partial charge in [-0.2, -0.15) is 0 Å². The van der Waals surface area contributed by atoms with E-state index >= 15 is 0 Å². The highest BCUT2D eigenvalue weighted by atomic mass is 32.2. The van der Waals surface area contributed by atoms with Crippen molar-refractivity contribution in [1.82, 2.24) is 15.2 Å². The third kappa shape index (κ3) is 7.05. The Morgan fingerprint density at radius 3 is 2.03 bits per heavy atom. The number of hydrazine groups is 1. The minimum Gasteiger partial charge on any atom is -0.294 e. The molecule has 4 rings (SSSR count). The summed E-state index contributed by atoms with van der Waals surface area (Å²) in [5.74, 6) is -0.464. The molecule has 9 nitrogen and oxygen atoms in total. The van der Waals surface area contributed by atoms with Gasteiger partial charge in [0.1, 0.15) is 0 Å². The molecule has 0 spiro atoms. The van der Waals surface area contributed by atoms with E-state index < -0.39 is 4.92 Å². The number of para-hydroxylation sites is 2. The van der Waals surface area contributed by atoms with Crippen LogP contribution in [0.4, 0.5) is 11.4 Å². The molecule has 1 N–H and O–H groups in total. The molecule has 2 heterocycles. The maximum Gasteiger partial charge on any atom is 0.283 e. The molecule has 0 aliphatic carbocycles. The monoisotopic (exact) mass is 511 g/mol. The summed E-state index contributed by atoms with van der Waals surface area (Å²) >= 11 is 1.21. The maximum absolute atomic E-state index is 13.6. The Balaban J connectivity index is 1.59. The molecule has 0 saturated carbocycles. The topological polar surface area (TPSA) is 99.0 Å². The Morgan fingerprint density at radius 1 is 0.833 bits per heavy atom. The van der Waals surface area contributed by atoms with Crippen LogP contribution in [0.5, 0.6) is 0 Å². The minimum atomic E-state index is -0.412. The lowest BCUT2D eigenvalue weighted by Crippen LogP contribution is -2.53. The number of carbonyl (C=O) groups is 2. The first-order chi connectivity index (χ1) is 17.5. The number of nitro benzene ring substituents is 1. The number of hydrogen-bond donors (Lipinski definition) is 1. The highest BCUT2D eigenvalue weighted by Crippen LogP contribution is 2.39. The van der Waals surface area contributed by atoms with Gasteiger partial charge in [0.15, 0.2) is 0 Å². The van der Waals surface area contributed by atoms with E-state index in [4.69, 9.17) is 0 Å². The lowest BCUT2D eigenvalue weighted by Gasteiger charge is -2.31. The number of benzene rings is 2. The largest absolute Gasteiger partial charge is 0.294 e. The van der Waals surface area contributed by atoms with Gasteiger partial charge in [0.25, 0.3) is 17.5 Å². The Kier molecular flexibility index (Phi) is 9.32. The van der Waals surface area contributed by atoms with E-state index in [2.05, 4.69) is 15.2 Å². The van der Waals surface area contributed by atoms with Crippen molar-refractivity contribution < 1.29 is 14.5 Å². The van der Waals surface area contributed by atoms with Crippen molar-refractivity contribution >= 4 is 35.0 Å². The van der Waals surface area contributed by atoms with Crippen LogP contribution in [-0.2, 0) is 9.59 Å². The number of anilines is 1. The van der Waals surface area contributed by atoms with E-state index in [0.717, 1.165) is 58.3 Å². The van der Waals surface area contributed by atoms with Crippen molar-refractivity contribution in [1.29, 1.82) is 0 Å². The van der Waals surface area contributed by atoms with E-state index in [1.54, 1.807) is 30.3 Å².